The fourth-order valence-electron chi connectivity index (χ4n) is 7.18. The van der Waals surface area contributed by atoms with Crippen LogP contribution in [0.3, 0.4) is 0 Å². The fourth-order valence-corrected chi connectivity index (χ4v) is 7.18. The van der Waals surface area contributed by atoms with Crippen LogP contribution in [0.1, 0.15) is 22.7 Å². The first kappa shape index (κ1) is 32.0. The third-order valence-electron chi connectivity index (χ3n) is 9.93. The molecule has 0 saturated heterocycles. The van der Waals surface area contributed by atoms with Crippen molar-refractivity contribution in [2.24, 2.45) is 4.99 Å². The molecule has 8 aromatic carbocycles. The van der Waals surface area contributed by atoms with Gasteiger partial charge in [0.1, 0.15) is 5.84 Å². The number of benzene rings is 8. The smallest absolute Gasteiger partial charge is 0.134 e. The molecule has 9 rings (SSSR count). The zero-order valence-electron chi connectivity index (χ0n) is 29.2. The average molecular weight is 680 g/mol. The Morgan fingerprint density at radius 1 is 0.396 bits per heavy atom. The maximum atomic E-state index is 5.17. The average Bonchev–Trinajstić information content (AvgIpc) is 3.25. The Hall–Kier alpha value is -6.97. The van der Waals surface area contributed by atoms with Crippen LogP contribution >= 0.6 is 0 Å². The second-order valence-corrected chi connectivity index (χ2v) is 13.3. The van der Waals surface area contributed by atoms with Gasteiger partial charge < -0.3 is 10.2 Å². The molecule has 0 saturated carbocycles. The van der Waals surface area contributed by atoms with Crippen molar-refractivity contribution in [3.05, 3.63) is 229 Å². The van der Waals surface area contributed by atoms with Crippen LogP contribution in [-0.2, 0) is 0 Å². The molecule has 0 radical (unpaired) electrons. The number of nitrogens with zero attached hydrogens (tertiary/aromatic N) is 2. The fraction of sp³-hybridized carbons (Fsp3) is 0.0200. The van der Waals surface area contributed by atoms with E-state index in [0.29, 0.717) is 0 Å². The molecule has 0 fully saturated rings. The van der Waals surface area contributed by atoms with Gasteiger partial charge in [-0.2, -0.15) is 0 Å². The summed E-state index contributed by atoms with van der Waals surface area (Å²) in [5.74, 6) is 0.860. The van der Waals surface area contributed by atoms with Gasteiger partial charge in [0.2, 0.25) is 0 Å². The number of hydrogen-bond donors (Lipinski definition) is 1. The van der Waals surface area contributed by atoms with Crippen molar-refractivity contribution in [1.29, 1.82) is 0 Å². The maximum Gasteiger partial charge on any atom is 0.134 e. The van der Waals surface area contributed by atoms with Gasteiger partial charge in [0.15, 0.2) is 0 Å². The Balaban J connectivity index is 1.01. The summed E-state index contributed by atoms with van der Waals surface area (Å²) >= 11 is 0. The van der Waals surface area contributed by atoms with Gasteiger partial charge >= 0.3 is 0 Å². The molecule has 3 heteroatoms. The second kappa shape index (κ2) is 14.3. The van der Waals surface area contributed by atoms with Crippen LogP contribution in [0.2, 0.25) is 0 Å². The van der Waals surface area contributed by atoms with E-state index in [4.69, 9.17) is 4.99 Å². The topological polar surface area (TPSA) is 27.6 Å². The molecule has 0 aliphatic carbocycles. The number of aliphatic imine (C=N–C) groups is 1. The third kappa shape index (κ3) is 6.64. The van der Waals surface area contributed by atoms with Crippen molar-refractivity contribution in [2.45, 2.75) is 6.04 Å². The molecule has 1 N–H and O–H groups in total. The summed E-state index contributed by atoms with van der Waals surface area (Å²) in [6.07, 6.45) is 2.23. The van der Waals surface area contributed by atoms with Gasteiger partial charge in [0, 0.05) is 22.3 Å². The van der Waals surface area contributed by atoms with E-state index in [9.17, 15) is 0 Å². The first-order valence-corrected chi connectivity index (χ1v) is 18.1. The molecule has 1 aliphatic heterocycles. The predicted octanol–water partition coefficient (Wildman–Crippen LogP) is 12.8. The summed E-state index contributed by atoms with van der Waals surface area (Å²) in [7, 11) is 0. The first-order chi connectivity index (χ1) is 26.3. The van der Waals surface area contributed by atoms with E-state index in [-0.39, 0.29) is 6.04 Å². The Morgan fingerprint density at radius 3 is 1.57 bits per heavy atom. The van der Waals surface area contributed by atoms with Crippen molar-refractivity contribution in [3.63, 3.8) is 0 Å². The summed E-state index contributed by atoms with van der Waals surface area (Å²) in [5.41, 5.74) is 12.4. The van der Waals surface area contributed by atoms with E-state index in [2.05, 4.69) is 216 Å². The van der Waals surface area contributed by atoms with E-state index < -0.39 is 0 Å². The molecule has 0 aromatic heterocycles. The van der Waals surface area contributed by atoms with Crippen LogP contribution in [-0.4, -0.2) is 5.84 Å². The molecule has 8 aromatic rings. The maximum absolute atomic E-state index is 5.17. The van der Waals surface area contributed by atoms with Gasteiger partial charge in [-0.1, -0.05) is 176 Å². The highest BCUT2D eigenvalue weighted by atomic mass is 15.1. The number of hydrogen-bond acceptors (Lipinski definition) is 3. The standard InChI is InChI=1S/C50H37N3/c1-4-13-36(14-5-1)37-23-27-42(28-24-37)48-35-47(41-16-6-2-7-17-41)51-50(52-48)43-29-25-38(26-30-43)39-31-33-45(34-32-39)53(44-19-8-3-9-20-44)49-22-12-18-40-15-10-11-21-46(40)49/h1-35,47H,(H,51,52). The molecular formula is C50H37N3. The number of rotatable bonds is 8. The Labute approximate surface area is 310 Å². The zero-order chi connectivity index (χ0) is 35.4. The normalized spacial score (nSPS) is 13.8. The van der Waals surface area contributed by atoms with E-state index in [1.807, 2.05) is 6.07 Å². The number of amidine groups is 1. The van der Waals surface area contributed by atoms with E-state index in [1.165, 1.54) is 27.5 Å². The van der Waals surface area contributed by atoms with E-state index in [0.717, 1.165) is 50.8 Å². The number of nitrogens with one attached hydrogen (secondary N) is 1. The Kier molecular flexibility index (Phi) is 8.65. The number of fused-ring (bicyclic) bond motifs is 1. The van der Waals surface area contributed by atoms with Crippen molar-refractivity contribution in [1.82, 2.24) is 5.32 Å². The largest absolute Gasteiger partial charge is 0.359 e. The van der Waals surface area contributed by atoms with Gasteiger partial charge in [-0.05, 0) is 75.2 Å². The summed E-state index contributed by atoms with van der Waals surface area (Å²) < 4.78 is 0. The van der Waals surface area contributed by atoms with Crippen LogP contribution in [0.5, 0.6) is 0 Å². The minimum Gasteiger partial charge on any atom is -0.359 e. The SMILES string of the molecule is C1=C(c2ccc(-c3ccccc3)cc2)N=C(c2ccc(-c3ccc(N(c4ccccc4)c4cccc5ccccc45)cc3)cc2)NC1c1ccccc1. The van der Waals surface area contributed by atoms with Crippen molar-refractivity contribution in [3.8, 4) is 22.3 Å². The molecule has 53 heavy (non-hydrogen) atoms. The third-order valence-corrected chi connectivity index (χ3v) is 9.93. The molecule has 3 nitrogen and oxygen atoms in total. The molecular weight excluding hydrogens is 643 g/mol. The second-order valence-electron chi connectivity index (χ2n) is 13.3. The molecule has 0 amide bonds. The van der Waals surface area contributed by atoms with Crippen molar-refractivity contribution < 1.29 is 0 Å². The van der Waals surface area contributed by atoms with E-state index in [1.54, 1.807) is 0 Å². The minimum absolute atomic E-state index is 0.00554. The van der Waals surface area contributed by atoms with Crippen LogP contribution in [0.4, 0.5) is 17.1 Å². The van der Waals surface area contributed by atoms with Gasteiger partial charge in [0.05, 0.1) is 17.4 Å². The lowest BCUT2D eigenvalue weighted by Gasteiger charge is -2.27. The predicted molar refractivity (Wildman–Crippen MR) is 223 cm³/mol. The summed E-state index contributed by atoms with van der Waals surface area (Å²) in [5, 5.41) is 6.15. The zero-order valence-corrected chi connectivity index (χ0v) is 29.2. The number of para-hydroxylation sites is 1. The number of anilines is 3. The lowest BCUT2D eigenvalue weighted by atomic mass is 9.98. The quantitative estimate of drug-likeness (QED) is 0.173. The van der Waals surface area contributed by atoms with Crippen LogP contribution in [0.25, 0.3) is 38.7 Å². The molecule has 0 bridgehead atoms. The van der Waals surface area contributed by atoms with Crippen molar-refractivity contribution in [2.75, 3.05) is 4.90 Å². The van der Waals surface area contributed by atoms with Gasteiger partial charge in [-0.3, -0.25) is 0 Å². The molecule has 1 unspecified atom stereocenters. The Bertz CT molecular complexity index is 2530. The van der Waals surface area contributed by atoms with Gasteiger partial charge in [-0.25, -0.2) is 4.99 Å². The van der Waals surface area contributed by atoms with Gasteiger partial charge in [-0.15, -0.1) is 0 Å². The van der Waals surface area contributed by atoms with Crippen LogP contribution in [0, 0.1) is 0 Å². The van der Waals surface area contributed by atoms with Gasteiger partial charge in [0.25, 0.3) is 0 Å². The molecule has 0 spiro atoms. The van der Waals surface area contributed by atoms with Crippen molar-refractivity contribution >= 4 is 39.4 Å². The molecule has 1 aliphatic rings. The lowest BCUT2D eigenvalue weighted by molar-refractivity contribution is 0.781. The first-order valence-electron chi connectivity index (χ1n) is 18.1. The molecule has 1 atom stereocenters. The summed E-state index contributed by atoms with van der Waals surface area (Å²) in [6.45, 7) is 0. The highest BCUT2D eigenvalue weighted by Gasteiger charge is 2.20. The molecule has 1 heterocycles. The Morgan fingerprint density at radius 2 is 0.887 bits per heavy atom. The lowest BCUT2D eigenvalue weighted by Crippen LogP contribution is -2.31. The summed E-state index contributed by atoms with van der Waals surface area (Å²) in [4.78, 5) is 7.51. The van der Waals surface area contributed by atoms with E-state index >= 15 is 0 Å². The summed E-state index contributed by atoms with van der Waals surface area (Å²) in [6, 6.07) is 73.0. The van der Waals surface area contributed by atoms with Crippen LogP contribution in [0.15, 0.2) is 217 Å². The monoisotopic (exact) mass is 679 g/mol. The van der Waals surface area contributed by atoms with Crippen LogP contribution < -0.4 is 10.2 Å². The highest BCUT2D eigenvalue weighted by molar-refractivity contribution is 6.04. The highest BCUT2D eigenvalue weighted by Crippen LogP contribution is 2.39. The molecule has 252 valence electrons. The minimum atomic E-state index is -0.00554.